The molecule has 0 aliphatic rings. The van der Waals surface area contributed by atoms with Gasteiger partial charge in [0.1, 0.15) is 0 Å². The number of carbonyl (C=O) groups is 2. The van der Waals surface area contributed by atoms with Crippen LogP contribution in [0.4, 0.5) is 0 Å². The fourth-order valence-corrected chi connectivity index (χ4v) is 4.55. The minimum Gasteiger partial charge on any atom is -0.268 e. The van der Waals surface area contributed by atoms with Crippen LogP contribution in [0.2, 0.25) is 0 Å². The molecular weight excluding hydrogens is 454 g/mol. The van der Waals surface area contributed by atoms with Crippen LogP contribution in [0.5, 0.6) is 0 Å². The molecule has 0 atom stereocenters. The third-order valence-corrected chi connectivity index (χ3v) is 7.07. The van der Waals surface area contributed by atoms with Gasteiger partial charge in [0.05, 0.1) is 20.9 Å². The lowest BCUT2D eigenvalue weighted by Gasteiger charge is -2.09. The van der Waals surface area contributed by atoms with Gasteiger partial charge in [-0.1, -0.05) is 35.4 Å². The number of nitrogens with zero attached hydrogens (tertiary/aromatic N) is 1. The van der Waals surface area contributed by atoms with Gasteiger partial charge in [-0.3, -0.25) is 14.6 Å². The number of carbonyl (C=O) groups excluding carboxylic acids is 2. The van der Waals surface area contributed by atoms with Crippen molar-refractivity contribution in [3.63, 3.8) is 0 Å². The third kappa shape index (κ3) is 5.37. The molecule has 9 nitrogen and oxygen atoms in total. The van der Waals surface area contributed by atoms with Crippen molar-refractivity contribution >= 4 is 31.9 Å². The lowest BCUT2D eigenvalue weighted by atomic mass is 10.2. The first-order valence-electron chi connectivity index (χ1n) is 9.21. The van der Waals surface area contributed by atoms with Crippen LogP contribution in [-0.4, -0.2) is 33.6 Å². The van der Waals surface area contributed by atoms with Crippen LogP contribution in [-0.2, 0) is 20.0 Å². The first-order valence-corrected chi connectivity index (χ1v) is 12.2. The maximum absolute atomic E-state index is 12.4. The van der Waals surface area contributed by atoms with Gasteiger partial charge in [-0.05, 0) is 44.2 Å². The van der Waals surface area contributed by atoms with E-state index < -0.39 is 31.9 Å². The van der Waals surface area contributed by atoms with Crippen molar-refractivity contribution < 1.29 is 26.4 Å². The predicted octanol–water partition coefficient (Wildman–Crippen LogP) is 1.94. The van der Waals surface area contributed by atoms with E-state index >= 15 is 0 Å². The molecule has 1 aromatic heterocycles. The number of benzene rings is 2. The van der Waals surface area contributed by atoms with Crippen molar-refractivity contribution in [2.45, 2.75) is 23.6 Å². The van der Waals surface area contributed by atoms with E-state index in [0.717, 1.165) is 29.6 Å². The van der Waals surface area contributed by atoms with Gasteiger partial charge in [0.15, 0.2) is 0 Å². The Kier molecular flexibility index (Phi) is 6.42. The van der Waals surface area contributed by atoms with Crippen molar-refractivity contribution in [3.8, 4) is 0 Å². The fourth-order valence-electron chi connectivity index (χ4n) is 2.60. The highest BCUT2D eigenvalue weighted by atomic mass is 32.2. The Balaban J connectivity index is 1.78. The molecule has 2 aromatic carbocycles. The summed E-state index contributed by atoms with van der Waals surface area (Å²) in [4.78, 5) is 28.4. The molecule has 0 unspecified atom stereocenters. The molecule has 3 rings (SSSR count). The van der Waals surface area contributed by atoms with Crippen LogP contribution < -0.4 is 9.44 Å². The summed E-state index contributed by atoms with van der Waals surface area (Å²) in [6.45, 7) is 3.58. The topological polar surface area (TPSA) is 139 Å². The highest BCUT2D eigenvalue weighted by Crippen LogP contribution is 2.13. The van der Waals surface area contributed by atoms with E-state index in [4.69, 9.17) is 0 Å². The normalized spacial score (nSPS) is 11.6. The Morgan fingerprint density at radius 2 is 1.00 bits per heavy atom. The third-order valence-electron chi connectivity index (χ3n) is 4.38. The van der Waals surface area contributed by atoms with Gasteiger partial charge in [-0.25, -0.2) is 26.3 Å². The molecule has 0 bridgehead atoms. The summed E-state index contributed by atoms with van der Waals surface area (Å²) in [6.07, 6.45) is 2.12. The predicted molar refractivity (Wildman–Crippen MR) is 116 cm³/mol. The number of sulfonamides is 2. The zero-order valence-corrected chi connectivity index (χ0v) is 18.7. The molecule has 0 saturated heterocycles. The average molecular weight is 474 g/mol. The zero-order valence-electron chi connectivity index (χ0n) is 17.1. The summed E-state index contributed by atoms with van der Waals surface area (Å²) < 4.78 is 53.4. The lowest BCUT2D eigenvalue weighted by molar-refractivity contribution is 0.0979. The Morgan fingerprint density at radius 3 is 1.34 bits per heavy atom. The maximum atomic E-state index is 12.4. The van der Waals surface area contributed by atoms with Crippen molar-refractivity contribution in [1.29, 1.82) is 0 Å². The number of hydrogen-bond acceptors (Lipinski definition) is 7. The van der Waals surface area contributed by atoms with Gasteiger partial charge < -0.3 is 0 Å². The van der Waals surface area contributed by atoms with Gasteiger partial charge in [-0.2, -0.15) is 0 Å². The van der Waals surface area contributed by atoms with E-state index in [1.54, 1.807) is 38.1 Å². The molecule has 2 N–H and O–H groups in total. The minimum absolute atomic E-state index is 0.109. The highest BCUT2D eigenvalue weighted by molar-refractivity contribution is 7.90. The van der Waals surface area contributed by atoms with Crippen LogP contribution in [0.15, 0.2) is 76.8 Å². The molecule has 166 valence electrons. The number of amides is 2. The van der Waals surface area contributed by atoms with Crippen LogP contribution in [0.25, 0.3) is 0 Å². The van der Waals surface area contributed by atoms with E-state index in [9.17, 15) is 26.4 Å². The van der Waals surface area contributed by atoms with Gasteiger partial charge in [-0.15, -0.1) is 0 Å². The summed E-state index contributed by atoms with van der Waals surface area (Å²) >= 11 is 0. The molecule has 0 aliphatic carbocycles. The Bertz CT molecular complexity index is 1280. The van der Waals surface area contributed by atoms with Gasteiger partial charge >= 0.3 is 0 Å². The second kappa shape index (κ2) is 8.89. The molecule has 0 fully saturated rings. The summed E-state index contributed by atoms with van der Waals surface area (Å²) in [5.41, 5.74) is 1.22. The Hall–Kier alpha value is -3.57. The molecule has 3 aromatic rings. The van der Waals surface area contributed by atoms with E-state index in [1.807, 2.05) is 9.44 Å². The Morgan fingerprint density at radius 1 is 0.656 bits per heavy atom. The molecule has 1 heterocycles. The van der Waals surface area contributed by atoms with E-state index in [2.05, 4.69) is 4.98 Å². The zero-order chi connectivity index (χ0) is 23.5. The number of pyridine rings is 1. The van der Waals surface area contributed by atoms with E-state index in [0.29, 0.717) is 0 Å². The first-order chi connectivity index (χ1) is 15.0. The van der Waals surface area contributed by atoms with Crippen LogP contribution in [0, 0.1) is 13.8 Å². The highest BCUT2D eigenvalue weighted by Gasteiger charge is 2.22. The summed E-state index contributed by atoms with van der Waals surface area (Å²) in [5.74, 6) is -2.04. The van der Waals surface area contributed by atoms with Crippen molar-refractivity contribution in [2.24, 2.45) is 0 Å². The van der Waals surface area contributed by atoms with Crippen molar-refractivity contribution in [3.05, 3.63) is 89.2 Å². The SMILES string of the molecule is Cc1ccc(S(=O)(=O)NC(=O)c2cncc(C(=O)NS(=O)(=O)c3ccc(C)cc3)c2)cc1. The van der Waals surface area contributed by atoms with E-state index in [-0.39, 0.29) is 20.9 Å². The number of nitrogens with one attached hydrogen (secondary N) is 2. The van der Waals surface area contributed by atoms with Gasteiger partial charge in [0.25, 0.3) is 31.9 Å². The standard InChI is InChI=1S/C21H19N3O6S2/c1-14-3-7-18(8-4-14)31(27,28)23-20(25)16-11-17(13-22-12-16)21(26)24-32(29,30)19-9-5-15(2)6-10-19/h3-13H,1-2H3,(H,23,25)(H,24,26). The quantitative estimate of drug-likeness (QED) is 0.558. The van der Waals surface area contributed by atoms with Crippen LogP contribution in [0.1, 0.15) is 31.8 Å². The Labute approximate surface area is 185 Å². The fraction of sp³-hybridized carbons (Fsp3) is 0.0952. The largest absolute Gasteiger partial charge is 0.268 e. The van der Waals surface area contributed by atoms with Gasteiger partial charge in [0, 0.05) is 12.4 Å². The molecular formula is C21H19N3O6S2. The number of aromatic nitrogens is 1. The van der Waals surface area contributed by atoms with Crippen molar-refractivity contribution in [1.82, 2.24) is 14.4 Å². The van der Waals surface area contributed by atoms with E-state index in [1.165, 1.54) is 24.3 Å². The lowest BCUT2D eigenvalue weighted by Crippen LogP contribution is -2.32. The summed E-state index contributed by atoms with van der Waals surface area (Å²) in [7, 11) is -8.30. The average Bonchev–Trinajstić information content (AvgIpc) is 2.74. The number of hydrogen-bond donors (Lipinski definition) is 2. The molecule has 2 amide bonds. The molecule has 0 aliphatic heterocycles. The van der Waals surface area contributed by atoms with Crippen molar-refractivity contribution in [2.75, 3.05) is 0 Å². The van der Waals surface area contributed by atoms with Gasteiger partial charge in [0.2, 0.25) is 0 Å². The monoisotopic (exact) mass is 473 g/mol. The molecule has 0 spiro atoms. The second-order valence-electron chi connectivity index (χ2n) is 6.96. The number of rotatable bonds is 6. The molecule has 32 heavy (non-hydrogen) atoms. The summed E-state index contributed by atoms with van der Waals surface area (Å²) in [6, 6.07) is 12.8. The second-order valence-corrected chi connectivity index (χ2v) is 10.3. The first kappa shape index (κ1) is 23.1. The molecule has 0 saturated carbocycles. The number of aryl methyl sites for hydroxylation is 2. The molecule has 0 radical (unpaired) electrons. The minimum atomic E-state index is -4.15. The maximum Gasteiger partial charge on any atom is 0.266 e. The smallest absolute Gasteiger partial charge is 0.266 e. The summed E-state index contributed by atoms with van der Waals surface area (Å²) in [5, 5.41) is 0. The molecule has 11 heteroatoms. The van der Waals surface area contributed by atoms with Crippen LogP contribution in [0.3, 0.4) is 0 Å². The van der Waals surface area contributed by atoms with Crippen LogP contribution >= 0.6 is 0 Å².